The number of benzene rings is 3. The molecule has 0 aliphatic carbocycles. The van der Waals surface area contributed by atoms with Crippen LogP contribution in [0.25, 0.3) is 11.1 Å². The van der Waals surface area contributed by atoms with Gasteiger partial charge in [-0.25, -0.2) is 4.79 Å². The van der Waals surface area contributed by atoms with E-state index < -0.39 is 6.09 Å². The van der Waals surface area contributed by atoms with E-state index in [1.54, 1.807) is 12.1 Å². The van der Waals surface area contributed by atoms with Crippen molar-refractivity contribution in [2.45, 2.75) is 82.9 Å². The molecule has 0 radical (unpaired) electrons. The Bertz CT molecular complexity index is 1650. The van der Waals surface area contributed by atoms with E-state index in [1.165, 1.54) is 0 Å². The molecule has 1 unspecified atom stereocenters. The fraction of sp³-hybridized carbons (Fsp3) is 0.476. The molecule has 1 atom stereocenters. The molecule has 0 aromatic heterocycles. The Kier molecular flexibility index (Phi) is 15.7. The minimum Gasteiger partial charge on any atom is -0.508 e. The lowest BCUT2D eigenvalue weighted by molar-refractivity contribution is -0.132. The minimum atomic E-state index is -0.457. The van der Waals surface area contributed by atoms with Crippen molar-refractivity contribution < 1.29 is 29.0 Å². The number of amides is 4. The van der Waals surface area contributed by atoms with Crippen molar-refractivity contribution in [1.82, 2.24) is 20.0 Å². The number of phenolic OH excluding ortho intramolecular Hbond substituents is 1. The van der Waals surface area contributed by atoms with Crippen molar-refractivity contribution in [3.8, 4) is 16.9 Å². The van der Waals surface area contributed by atoms with Gasteiger partial charge in [-0.1, -0.05) is 60.7 Å². The number of phenols is 1. The number of rotatable bonds is 19. The third kappa shape index (κ3) is 12.9. The van der Waals surface area contributed by atoms with E-state index in [0.29, 0.717) is 57.7 Å². The molecule has 3 aromatic rings. The third-order valence-electron chi connectivity index (χ3n) is 10.3. The first kappa shape index (κ1) is 40.2. The van der Waals surface area contributed by atoms with E-state index >= 15 is 0 Å². The van der Waals surface area contributed by atoms with Gasteiger partial charge >= 0.3 is 6.09 Å². The van der Waals surface area contributed by atoms with Crippen LogP contribution >= 0.6 is 0 Å². The van der Waals surface area contributed by atoms with Crippen LogP contribution in [0.3, 0.4) is 0 Å². The maximum absolute atomic E-state index is 13.3. The van der Waals surface area contributed by atoms with Crippen LogP contribution in [0.5, 0.6) is 5.75 Å². The lowest BCUT2D eigenvalue weighted by Crippen LogP contribution is -2.41. The molecule has 2 fully saturated rings. The number of nitrogens with zero attached hydrogens (tertiary/aromatic N) is 3. The Balaban J connectivity index is 0.944. The van der Waals surface area contributed by atoms with Crippen molar-refractivity contribution in [2.24, 2.45) is 5.73 Å². The van der Waals surface area contributed by atoms with Crippen molar-refractivity contribution in [2.75, 3.05) is 51.1 Å². The van der Waals surface area contributed by atoms with E-state index in [2.05, 4.69) is 20.4 Å². The van der Waals surface area contributed by atoms with Crippen LogP contribution in [0.2, 0.25) is 0 Å². The fourth-order valence-corrected chi connectivity index (χ4v) is 7.30. The van der Waals surface area contributed by atoms with Crippen LogP contribution in [0.15, 0.2) is 78.9 Å². The zero-order valence-corrected chi connectivity index (χ0v) is 31.3. The summed E-state index contributed by atoms with van der Waals surface area (Å²) in [6, 6.07) is 24.3. The molecule has 0 saturated carbocycles. The number of nitrogens with two attached hydrogens (primary N) is 1. The highest BCUT2D eigenvalue weighted by molar-refractivity contribution is 5.91. The van der Waals surface area contributed by atoms with Gasteiger partial charge in [0.25, 0.3) is 0 Å². The van der Waals surface area contributed by atoms with Crippen LogP contribution in [0, 0.1) is 0 Å². The van der Waals surface area contributed by atoms with Gasteiger partial charge in [-0.2, -0.15) is 0 Å². The molecule has 2 saturated heterocycles. The predicted molar refractivity (Wildman–Crippen MR) is 209 cm³/mol. The largest absolute Gasteiger partial charge is 0.508 e. The van der Waals surface area contributed by atoms with Gasteiger partial charge in [0, 0.05) is 57.7 Å². The van der Waals surface area contributed by atoms with Gasteiger partial charge in [0.1, 0.15) is 11.9 Å². The second-order valence-electron chi connectivity index (χ2n) is 14.3. The summed E-state index contributed by atoms with van der Waals surface area (Å²) in [5, 5.41) is 15.6. The lowest BCUT2D eigenvalue weighted by atomic mass is 10.0. The Labute approximate surface area is 319 Å². The summed E-state index contributed by atoms with van der Waals surface area (Å²) in [5.74, 6) is -0.0250. The molecule has 5 rings (SSSR count). The van der Waals surface area contributed by atoms with Crippen molar-refractivity contribution >= 4 is 29.5 Å². The SMILES string of the molecule is NC(=O)C1CCCN1CCCC(=O)N(CCCCCNC(=O)CCN1CCC(OC(=O)Nc2ccccc2-c2ccccc2)CC1)Cc1ccc(O)cc1. The molecule has 3 aromatic carbocycles. The summed E-state index contributed by atoms with van der Waals surface area (Å²) < 4.78 is 5.75. The number of carbonyl (C=O) groups excluding carboxylic acids is 4. The zero-order chi connectivity index (χ0) is 38.1. The minimum absolute atomic E-state index is 0.0190. The molecule has 0 spiro atoms. The highest BCUT2D eigenvalue weighted by Gasteiger charge is 2.29. The highest BCUT2D eigenvalue weighted by atomic mass is 16.6. The molecule has 0 bridgehead atoms. The Morgan fingerprint density at radius 1 is 0.815 bits per heavy atom. The Hall–Kier alpha value is -4.94. The summed E-state index contributed by atoms with van der Waals surface area (Å²) in [6.45, 7) is 5.33. The number of para-hydroxylation sites is 1. The number of ether oxygens (including phenoxy) is 1. The number of anilines is 1. The van der Waals surface area contributed by atoms with Crippen LogP contribution in [0.1, 0.15) is 69.8 Å². The van der Waals surface area contributed by atoms with Gasteiger partial charge in [-0.3, -0.25) is 24.6 Å². The topological polar surface area (TPSA) is 158 Å². The quantitative estimate of drug-likeness (QED) is 0.117. The molecule has 5 N–H and O–H groups in total. The normalized spacial score (nSPS) is 16.5. The van der Waals surface area contributed by atoms with E-state index in [0.717, 1.165) is 81.3 Å². The molecule has 2 heterocycles. The summed E-state index contributed by atoms with van der Waals surface area (Å²) in [5.41, 5.74) is 9.17. The smallest absolute Gasteiger partial charge is 0.411 e. The van der Waals surface area contributed by atoms with E-state index in [-0.39, 0.29) is 35.6 Å². The Morgan fingerprint density at radius 3 is 2.31 bits per heavy atom. The van der Waals surface area contributed by atoms with Crippen LogP contribution < -0.4 is 16.4 Å². The lowest BCUT2D eigenvalue weighted by Gasteiger charge is -2.31. The maximum atomic E-state index is 13.3. The molecule has 290 valence electrons. The van der Waals surface area contributed by atoms with Crippen molar-refractivity contribution in [1.29, 1.82) is 0 Å². The number of likely N-dealkylation sites (tertiary alicyclic amines) is 2. The van der Waals surface area contributed by atoms with Crippen molar-refractivity contribution in [3.05, 3.63) is 84.4 Å². The van der Waals surface area contributed by atoms with E-state index in [1.807, 2.05) is 71.6 Å². The number of nitrogens with one attached hydrogen (secondary N) is 2. The van der Waals surface area contributed by atoms with Gasteiger partial charge in [-0.15, -0.1) is 0 Å². The predicted octanol–water partition coefficient (Wildman–Crippen LogP) is 5.51. The third-order valence-corrected chi connectivity index (χ3v) is 10.3. The van der Waals surface area contributed by atoms with Gasteiger partial charge in [0.05, 0.1) is 11.7 Å². The molecule has 54 heavy (non-hydrogen) atoms. The molecule has 2 aliphatic rings. The molecular formula is C42H56N6O6. The summed E-state index contributed by atoms with van der Waals surface area (Å²) in [4.78, 5) is 56.5. The number of unbranched alkanes of at least 4 members (excludes halogenated alkanes) is 2. The first-order chi connectivity index (χ1) is 26.2. The number of carbonyl (C=O) groups is 4. The summed E-state index contributed by atoms with van der Waals surface area (Å²) in [7, 11) is 0. The van der Waals surface area contributed by atoms with Crippen LogP contribution in [-0.2, 0) is 25.7 Å². The van der Waals surface area contributed by atoms with Crippen molar-refractivity contribution in [3.63, 3.8) is 0 Å². The average molecular weight is 741 g/mol. The number of primary amides is 1. The van der Waals surface area contributed by atoms with Gasteiger partial charge in [0.2, 0.25) is 17.7 Å². The molecule has 12 nitrogen and oxygen atoms in total. The van der Waals surface area contributed by atoms with Gasteiger partial charge in [-0.05, 0) is 93.8 Å². The maximum Gasteiger partial charge on any atom is 0.411 e. The second kappa shape index (κ2) is 21.1. The molecule has 4 amide bonds. The van der Waals surface area contributed by atoms with Crippen LogP contribution in [-0.4, -0.2) is 102 Å². The first-order valence-corrected chi connectivity index (χ1v) is 19.5. The van der Waals surface area contributed by atoms with E-state index in [4.69, 9.17) is 10.5 Å². The zero-order valence-electron chi connectivity index (χ0n) is 31.3. The summed E-state index contributed by atoms with van der Waals surface area (Å²) in [6.07, 6.45) is 6.49. The standard InChI is InChI=1S/C42H56N6O6/c43-41(52)38-15-9-26-47(38)27-10-16-40(51)48(31-32-17-19-34(49)20-18-32)25-8-2-7-24-44-39(50)23-30-46-28-21-35(22-29-46)54-42(53)45-37-14-6-5-13-36(37)33-11-3-1-4-12-33/h1,3-6,11-14,17-20,35,38,49H,2,7-10,15-16,21-31H2,(H2,43,52)(H,44,50)(H,45,53). The number of hydrogen-bond acceptors (Lipinski definition) is 8. The monoisotopic (exact) mass is 740 g/mol. The number of hydrogen-bond donors (Lipinski definition) is 4. The Morgan fingerprint density at radius 2 is 1.56 bits per heavy atom. The van der Waals surface area contributed by atoms with Gasteiger partial charge in [0.15, 0.2) is 0 Å². The fourth-order valence-electron chi connectivity index (χ4n) is 7.30. The number of piperidine rings is 1. The molecule has 12 heteroatoms. The molecule has 2 aliphatic heterocycles. The average Bonchev–Trinajstić information content (AvgIpc) is 3.66. The second-order valence-corrected chi connectivity index (χ2v) is 14.3. The summed E-state index contributed by atoms with van der Waals surface area (Å²) >= 11 is 0. The van der Waals surface area contributed by atoms with E-state index in [9.17, 15) is 24.3 Å². The first-order valence-electron chi connectivity index (χ1n) is 19.5. The number of aromatic hydroxyl groups is 1. The highest BCUT2D eigenvalue weighted by Crippen LogP contribution is 2.28. The van der Waals surface area contributed by atoms with Gasteiger partial charge < -0.3 is 30.7 Å². The molecular weight excluding hydrogens is 684 g/mol. The van der Waals surface area contributed by atoms with Crippen LogP contribution in [0.4, 0.5) is 10.5 Å².